The predicted octanol–water partition coefficient (Wildman–Crippen LogP) is 4.90. The van der Waals surface area contributed by atoms with Crippen molar-refractivity contribution in [2.45, 2.75) is 6.18 Å². The SMILES string of the molecule is O=c1sc(Nc2cccc(C(F)(F)F)c2)nc2c1[nH]c1ccccc12. The van der Waals surface area contributed by atoms with Gasteiger partial charge in [-0.2, -0.15) is 13.2 Å². The molecule has 2 N–H and O–H groups in total. The van der Waals surface area contributed by atoms with E-state index in [2.05, 4.69) is 15.3 Å². The van der Waals surface area contributed by atoms with Gasteiger partial charge in [0, 0.05) is 16.6 Å². The highest BCUT2D eigenvalue weighted by Gasteiger charge is 2.30. The van der Waals surface area contributed by atoms with Crippen LogP contribution in [0.4, 0.5) is 24.0 Å². The zero-order chi connectivity index (χ0) is 17.6. The van der Waals surface area contributed by atoms with Gasteiger partial charge in [-0.05, 0) is 24.3 Å². The molecule has 4 rings (SSSR count). The third kappa shape index (κ3) is 2.85. The van der Waals surface area contributed by atoms with Crippen molar-refractivity contribution in [3.05, 3.63) is 63.6 Å². The fourth-order valence-electron chi connectivity index (χ4n) is 2.60. The summed E-state index contributed by atoms with van der Waals surface area (Å²) < 4.78 is 38.2. The maximum Gasteiger partial charge on any atom is 0.416 e. The fraction of sp³-hybridized carbons (Fsp3) is 0.0588. The normalized spacial score (nSPS) is 12.0. The summed E-state index contributed by atoms with van der Waals surface area (Å²) in [5.41, 5.74) is 1.12. The lowest BCUT2D eigenvalue weighted by molar-refractivity contribution is -0.137. The Morgan fingerprint density at radius 2 is 1.88 bits per heavy atom. The summed E-state index contributed by atoms with van der Waals surface area (Å²) in [5, 5.41) is 3.82. The highest BCUT2D eigenvalue weighted by atomic mass is 32.1. The van der Waals surface area contributed by atoms with Crippen molar-refractivity contribution in [3.63, 3.8) is 0 Å². The van der Waals surface area contributed by atoms with Gasteiger partial charge in [-0.25, -0.2) is 4.98 Å². The molecule has 0 saturated carbocycles. The summed E-state index contributed by atoms with van der Waals surface area (Å²) in [5.74, 6) is 0. The number of aromatic amines is 1. The molecule has 4 nitrogen and oxygen atoms in total. The lowest BCUT2D eigenvalue weighted by Crippen LogP contribution is -2.05. The van der Waals surface area contributed by atoms with E-state index in [4.69, 9.17) is 0 Å². The van der Waals surface area contributed by atoms with Crippen LogP contribution in [0.25, 0.3) is 21.9 Å². The molecule has 4 aromatic rings. The molecule has 8 heteroatoms. The molecular formula is C17H10F3N3OS. The van der Waals surface area contributed by atoms with E-state index in [0.29, 0.717) is 11.0 Å². The van der Waals surface area contributed by atoms with Gasteiger partial charge in [0.15, 0.2) is 5.13 Å². The molecule has 0 saturated heterocycles. The first-order chi connectivity index (χ1) is 11.9. The first kappa shape index (κ1) is 15.6. The van der Waals surface area contributed by atoms with E-state index >= 15 is 0 Å². The summed E-state index contributed by atoms with van der Waals surface area (Å²) in [6.45, 7) is 0. The molecule has 2 heterocycles. The second-order valence-corrected chi connectivity index (χ2v) is 6.37. The van der Waals surface area contributed by atoms with Crippen molar-refractivity contribution in [2.24, 2.45) is 0 Å². The van der Waals surface area contributed by atoms with Crippen molar-refractivity contribution < 1.29 is 13.2 Å². The number of benzene rings is 2. The number of para-hydroxylation sites is 1. The second-order valence-electron chi connectivity index (χ2n) is 5.40. The van der Waals surface area contributed by atoms with Gasteiger partial charge in [-0.1, -0.05) is 35.6 Å². The average Bonchev–Trinajstić information content (AvgIpc) is 2.94. The molecule has 2 aromatic carbocycles. The first-order valence-electron chi connectivity index (χ1n) is 7.28. The number of H-pyrrole nitrogens is 1. The number of halogens is 3. The van der Waals surface area contributed by atoms with Crippen LogP contribution < -0.4 is 10.1 Å². The molecule has 0 bridgehead atoms. The Morgan fingerprint density at radius 1 is 1.08 bits per heavy atom. The van der Waals surface area contributed by atoms with E-state index < -0.39 is 11.7 Å². The number of fused-ring (bicyclic) bond motifs is 3. The third-order valence-electron chi connectivity index (χ3n) is 3.73. The lowest BCUT2D eigenvalue weighted by atomic mass is 10.2. The predicted molar refractivity (Wildman–Crippen MR) is 92.5 cm³/mol. The monoisotopic (exact) mass is 361 g/mol. The summed E-state index contributed by atoms with van der Waals surface area (Å²) in [4.78, 5) is 19.7. The van der Waals surface area contributed by atoms with E-state index in [1.165, 1.54) is 12.1 Å². The van der Waals surface area contributed by atoms with Crippen LogP contribution in [0, 0.1) is 0 Å². The molecule has 0 atom stereocenters. The average molecular weight is 361 g/mol. The van der Waals surface area contributed by atoms with E-state index in [1.807, 2.05) is 24.3 Å². The zero-order valence-corrected chi connectivity index (χ0v) is 13.3. The Morgan fingerprint density at radius 3 is 2.68 bits per heavy atom. The largest absolute Gasteiger partial charge is 0.416 e. The topological polar surface area (TPSA) is 57.8 Å². The smallest absolute Gasteiger partial charge is 0.349 e. The summed E-state index contributed by atoms with van der Waals surface area (Å²) in [6.07, 6.45) is -4.43. The van der Waals surface area contributed by atoms with Crippen LogP contribution in [0.1, 0.15) is 5.56 Å². The molecule has 0 unspecified atom stereocenters. The molecule has 0 spiro atoms. The van der Waals surface area contributed by atoms with Gasteiger partial charge in [-0.3, -0.25) is 4.79 Å². The van der Waals surface area contributed by atoms with Crippen LogP contribution in [-0.2, 0) is 6.18 Å². The minimum absolute atomic E-state index is 0.220. The van der Waals surface area contributed by atoms with Crippen LogP contribution in [0.5, 0.6) is 0 Å². The van der Waals surface area contributed by atoms with Gasteiger partial charge in [0.05, 0.1) is 5.56 Å². The lowest BCUT2D eigenvalue weighted by Gasteiger charge is -2.09. The Balaban J connectivity index is 1.80. The standard InChI is InChI=1S/C17H10F3N3OS/c18-17(19,20)9-4-3-5-10(8-9)21-16-23-13-11-6-1-2-7-12(11)22-14(13)15(24)25-16/h1-8,22H,(H,21,23). The number of hydrogen-bond acceptors (Lipinski definition) is 4. The van der Waals surface area contributed by atoms with Gasteiger partial charge >= 0.3 is 6.18 Å². The van der Waals surface area contributed by atoms with Crippen LogP contribution in [0.2, 0.25) is 0 Å². The second kappa shape index (κ2) is 5.59. The Bertz CT molecular complexity index is 1150. The molecule has 0 radical (unpaired) electrons. The molecule has 2 aromatic heterocycles. The summed E-state index contributed by atoms with van der Waals surface area (Å²) >= 11 is 0.840. The number of anilines is 2. The van der Waals surface area contributed by atoms with Gasteiger partial charge in [0.25, 0.3) is 4.74 Å². The van der Waals surface area contributed by atoms with E-state index in [0.717, 1.165) is 34.4 Å². The van der Waals surface area contributed by atoms with Crippen LogP contribution in [0.15, 0.2) is 53.3 Å². The van der Waals surface area contributed by atoms with Crippen LogP contribution in [-0.4, -0.2) is 9.97 Å². The van der Waals surface area contributed by atoms with Gasteiger partial charge in [0.1, 0.15) is 11.0 Å². The molecule has 25 heavy (non-hydrogen) atoms. The van der Waals surface area contributed by atoms with Gasteiger partial charge < -0.3 is 10.3 Å². The maximum absolute atomic E-state index is 12.8. The highest BCUT2D eigenvalue weighted by Crippen LogP contribution is 2.32. The number of aromatic nitrogens is 2. The number of rotatable bonds is 2. The number of nitrogens with one attached hydrogen (secondary N) is 2. The number of alkyl halides is 3. The van der Waals surface area contributed by atoms with Crippen molar-refractivity contribution in [1.82, 2.24) is 9.97 Å². The minimum atomic E-state index is -4.43. The quantitative estimate of drug-likeness (QED) is 0.534. The maximum atomic E-state index is 12.8. The Kier molecular flexibility index (Phi) is 3.50. The molecule has 0 fully saturated rings. The highest BCUT2D eigenvalue weighted by molar-refractivity contribution is 7.13. The first-order valence-corrected chi connectivity index (χ1v) is 8.09. The van der Waals surface area contributed by atoms with E-state index in [-0.39, 0.29) is 15.6 Å². The van der Waals surface area contributed by atoms with Gasteiger partial charge in [-0.15, -0.1) is 0 Å². The number of hydrogen-bond donors (Lipinski definition) is 2. The third-order valence-corrected chi connectivity index (χ3v) is 4.50. The van der Waals surface area contributed by atoms with Crippen LogP contribution >= 0.6 is 11.3 Å². The molecule has 126 valence electrons. The zero-order valence-electron chi connectivity index (χ0n) is 12.5. The fourth-order valence-corrected chi connectivity index (χ4v) is 3.34. The van der Waals surface area contributed by atoms with E-state index in [1.54, 1.807) is 0 Å². The molecule has 0 aliphatic rings. The summed E-state index contributed by atoms with van der Waals surface area (Å²) in [7, 11) is 0. The van der Waals surface area contributed by atoms with Crippen molar-refractivity contribution in [2.75, 3.05) is 5.32 Å². The molecule has 0 aliphatic carbocycles. The Hall–Kier alpha value is -2.87. The van der Waals surface area contributed by atoms with Crippen molar-refractivity contribution >= 4 is 44.1 Å². The molecule has 0 amide bonds. The molecule has 0 aliphatic heterocycles. The van der Waals surface area contributed by atoms with Crippen LogP contribution in [0.3, 0.4) is 0 Å². The number of nitrogens with zero attached hydrogens (tertiary/aromatic N) is 1. The van der Waals surface area contributed by atoms with Gasteiger partial charge in [0.2, 0.25) is 0 Å². The molecular weight excluding hydrogens is 351 g/mol. The minimum Gasteiger partial charge on any atom is -0.349 e. The van der Waals surface area contributed by atoms with Crippen molar-refractivity contribution in [1.29, 1.82) is 0 Å². The van der Waals surface area contributed by atoms with E-state index in [9.17, 15) is 18.0 Å². The Labute approximate surface area is 143 Å². The summed E-state index contributed by atoms with van der Waals surface area (Å²) in [6, 6.07) is 12.1. The van der Waals surface area contributed by atoms with Crippen molar-refractivity contribution in [3.8, 4) is 0 Å².